The molecule has 1 N–H and O–H groups in total. The van der Waals surface area contributed by atoms with Gasteiger partial charge >= 0.3 is 6.03 Å². The van der Waals surface area contributed by atoms with Gasteiger partial charge in [0.2, 0.25) is 0 Å². The van der Waals surface area contributed by atoms with Gasteiger partial charge in [0.15, 0.2) is 0 Å². The van der Waals surface area contributed by atoms with Gasteiger partial charge in [-0.3, -0.25) is 4.79 Å². The molecule has 0 unspecified atom stereocenters. The van der Waals surface area contributed by atoms with Crippen molar-refractivity contribution in [3.05, 3.63) is 70.6 Å². The zero-order valence-electron chi connectivity index (χ0n) is 11.2. The van der Waals surface area contributed by atoms with E-state index >= 15 is 0 Å². The molecule has 3 amide bonds. The number of halogens is 2. The van der Waals surface area contributed by atoms with E-state index in [-0.39, 0.29) is 11.5 Å². The molecule has 1 heterocycles. The molecule has 4 nitrogen and oxygen atoms in total. The molecule has 0 spiro atoms. The third kappa shape index (κ3) is 2.71. The molecule has 2 aromatic rings. The first kappa shape index (κ1) is 14.3. The van der Waals surface area contributed by atoms with Gasteiger partial charge in [0, 0.05) is 5.02 Å². The number of urea groups is 1. The average Bonchev–Trinajstić information content (AvgIpc) is 2.77. The van der Waals surface area contributed by atoms with E-state index in [0.717, 1.165) is 4.90 Å². The molecule has 1 saturated heterocycles. The maximum atomic E-state index is 12.9. The molecule has 0 radical (unpaired) electrons. The minimum absolute atomic E-state index is 0.131. The van der Waals surface area contributed by atoms with Gasteiger partial charge in [-0.1, -0.05) is 23.7 Å². The lowest BCUT2D eigenvalue weighted by Crippen LogP contribution is -2.30. The maximum absolute atomic E-state index is 12.9. The van der Waals surface area contributed by atoms with E-state index in [0.29, 0.717) is 16.3 Å². The molecule has 3 rings (SSSR count). The summed E-state index contributed by atoms with van der Waals surface area (Å²) in [6.45, 7) is 0. The first-order valence-electron chi connectivity index (χ1n) is 6.43. The Hall–Kier alpha value is -2.66. The summed E-state index contributed by atoms with van der Waals surface area (Å²) in [5.41, 5.74) is 1.17. The van der Waals surface area contributed by atoms with Crippen LogP contribution in [0.5, 0.6) is 0 Å². The summed E-state index contributed by atoms with van der Waals surface area (Å²) in [6, 6.07) is 11.4. The zero-order chi connectivity index (χ0) is 15.7. The van der Waals surface area contributed by atoms with Crippen LogP contribution < -0.4 is 10.2 Å². The van der Waals surface area contributed by atoms with E-state index in [1.807, 2.05) is 0 Å². The summed E-state index contributed by atoms with van der Waals surface area (Å²) in [5, 5.41) is 3.01. The molecule has 6 heteroatoms. The van der Waals surface area contributed by atoms with Crippen molar-refractivity contribution in [2.45, 2.75) is 0 Å². The van der Waals surface area contributed by atoms with Crippen molar-refractivity contribution in [3.63, 3.8) is 0 Å². The van der Waals surface area contributed by atoms with Crippen molar-refractivity contribution in [2.75, 3.05) is 4.90 Å². The number of nitrogens with zero attached hydrogens (tertiary/aromatic N) is 1. The Labute approximate surface area is 130 Å². The van der Waals surface area contributed by atoms with Gasteiger partial charge in [0.1, 0.15) is 11.5 Å². The number of rotatable bonds is 2. The van der Waals surface area contributed by atoms with Crippen molar-refractivity contribution in [2.24, 2.45) is 0 Å². The second-order valence-electron chi connectivity index (χ2n) is 4.66. The Morgan fingerprint density at radius 2 is 1.64 bits per heavy atom. The molecule has 0 atom stereocenters. The zero-order valence-corrected chi connectivity index (χ0v) is 12.0. The van der Waals surface area contributed by atoms with Crippen LogP contribution in [0.3, 0.4) is 0 Å². The molecule has 1 aliphatic heterocycles. The standard InChI is InChI=1S/C16H10ClFN2O2/c17-11-3-7-13(8-4-11)20-15(21)14(19-16(20)22)9-10-1-5-12(18)6-2-10/h1-9H,(H,19,22). The molecule has 22 heavy (non-hydrogen) atoms. The van der Waals surface area contributed by atoms with Gasteiger partial charge in [0.25, 0.3) is 5.91 Å². The number of carbonyl (C=O) groups is 2. The summed E-state index contributed by atoms with van der Waals surface area (Å²) in [7, 11) is 0. The highest BCUT2D eigenvalue weighted by Gasteiger charge is 2.34. The molecule has 110 valence electrons. The number of carbonyl (C=O) groups excluding carboxylic acids is 2. The molecule has 0 aromatic heterocycles. The highest BCUT2D eigenvalue weighted by atomic mass is 35.5. The molecule has 2 aromatic carbocycles. The van der Waals surface area contributed by atoms with E-state index in [4.69, 9.17) is 11.6 Å². The first-order valence-corrected chi connectivity index (χ1v) is 6.81. The van der Waals surface area contributed by atoms with Crippen molar-refractivity contribution in [1.82, 2.24) is 5.32 Å². The minimum Gasteiger partial charge on any atom is -0.302 e. The largest absolute Gasteiger partial charge is 0.333 e. The van der Waals surface area contributed by atoms with E-state index in [2.05, 4.69) is 5.32 Å². The third-order valence-corrected chi connectivity index (χ3v) is 3.40. The molecule has 1 fully saturated rings. The third-order valence-electron chi connectivity index (χ3n) is 3.14. The van der Waals surface area contributed by atoms with E-state index in [9.17, 15) is 14.0 Å². The number of benzene rings is 2. The van der Waals surface area contributed by atoms with Crippen LogP contribution in [0.2, 0.25) is 5.02 Å². The minimum atomic E-state index is -0.541. The second-order valence-corrected chi connectivity index (χ2v) is 5.09. The molecule has 0 saturated carbocycles. The number of nitrogens with one attached hydrogen (secondary N) is 1. The number of hydrogen-bond acceptors (Lipinski definition) is 2. The van der Waals surface area contributed by atoms with Gasteiger partial charge in [-0.15, -0.1) is 0 Å². The topological polar surface area (TPSA) is 49.4 Å². The fourth-order valence-electron chi connectivity index (χ4n) is 2.09. The molecule has 0 bridgehead atoms. The smallest absolute Gasteiger partial charge is 0.302 e. The van der Waals surface area contributed by atoms with Crippen molar-refractivity contribution in [3.8, 4) is 0 Å². The Morgan fingerprint density at radius 3 is 2.27 bits per heavy atom. The van der Waals surface area contributed by atoms with Crippen molar-refractivity contribution >= 4 is 35.3 Å². The second kappa shape index (κ2) is 5.61. The summed E-state index contributed by atoms with van der Waals surface area (Å²) in [4.78, 5) is 25.3. The van der Waals surface area contributed by atoms with Crippen LogP contribution in [0.4, 0.5) is 14.9 Å². The Balaban J connectivity index is 1.91. The monoisotopic (exact) mass is 316 g/mol. The van der Waals surface area contributed by atoms with E-state index in [1.54, 1.807) is 24.3 Å². The summed E-state index contributed by atoms with van der Waals surface area (Å²) in [5.74, 6) is -0.844. The predicted molar refractivity (Wildman–Crippen MR) is 81.8 cm³/mol. The summed E-state index contributed by atoms with van der Waals surface area (Å²) in [6.07, 6.45) is 1.50. The van der Waals surface area contributed by atoms with E-state index < -0.39 is 11.9 Å². The normalized spacial score (nSPS) is 16.3. The fourth-order valence-corrected chi connectivity index (χ4v) is 2.21. The van der Waals surface area contributed by atoms with Crippen LogP contribution in [0.1, 0.15) is 5.56 Å². The maximum Gasteiger partial charge on any atom is 0.333 e. The Kier molecular flexibility index (Phi) is 3.65. The van der Waals surface area contributed by atoms with Gasteiger partial charge in [-0.25, -0.2) is 14.1 Å². The average molecular weight is 317 g/mol. The van der Waals surface area contributed by atoms with Gasteiger partial charge in [-0.05, 0) is 48.0 Å². The van der Waals surface area contributed by atoms with Gasteiger partial charge in [-0.2, -0.15) is 0 Å². The Morgan fingerprint density at radius 1 is 1.00 bits per heavy atom. The Bertz CT molecular complexity index is 770. The van der Waals surface area contributed by atoms with E-state index in [1.165, 1.54) is 30.3 Å². The quantitative estimate of drug-likeness (QED) is 0.680. The summed E-state index contributed by atoms with van der Waals surface area (Å²) < 4.78 is 12.9. The van der Waals surface area contributed by atoms with Crippen LogP contribution in [0.25, 0.3) is 6.08 Å². The van der Waals surface area contributed by atoms with Crippen LogP contribution in [0, 0.1) is 5.82 Å². The van der Waals surface area contributed by atoms with Crippen LogP contribution in [-0.4, -0.2) is 11.9 Å². The number of hydrogen-bond donors (Lipinski definition) is 1. The summed E-state index contributed by atoms with van der Waals surface area (Å²) >= 11 is 5.79. The number of anilines is 1. The van der Waals surface area contributed by atoms with Gasteiger partial charge < -0.3 is 5.32 Å². The van der Waals surface area contributed by atoms with Crippen LogP contribution in [0.15, 0.2) is 54.2 Å². The first-order chi connectivity index (χ1) is 10.5. The van der Waals surface area contributed by atoms with Crippen LogP contribution in [-0.2, 0) is 4.79 Å². The lowest BCUT2D eigenvalue weighted by Gasteiger charge is -2.11. The van der Waals surface area contributed by atoms with Crippen molar-refractivity contribution < 1.29 is 14.0 Å². The number of amides is 3. The lowest BCUT2D eigenvalue weighted by molar-refractivity contribution is -0.113. The highest BCUT2D eigenvalue weighted by molar-refractivity contribution is 6.31. The highest BCUT2D eigenvalue weighted by Crippen LogP contribution is 2.23. The lowest BCUT2D eigenvalue weighted by atomic mass is 10.2. The van der Waals surface area contributed by atoms with Crippen molar-refractivity contribution in [1.29, 1.82) is 0 Å². The van der Waals surface area contributed by atoms with Crippen LogP contribution >= 0.6 is 11.6 Å². The molecule has 1 aliphatic rings. The van der Waals surface area contributed by atoms with Gasteiger partial charge in [0.05, 0.1) is 5.69 Å². The number of imide groups is 1. The fraction of sp³-hybridized carbons (Fsp3) is 0. The molecular weight excluding hydrogens is 307 g/mol. The molecular formula is C16H10ClFN2O2. The molecule has 0 aliphatic carbocycles. The SMILES string of the molecule is O=C1NC(=Cc2ccc(F)cc2)C(=O)N1c1ccc(Cl)cc1. The predicted octanol–water partition coefficient (Wildman–Crippen LogP) is 3.58.